The van der Waals surface area contributed by atoms with Crippen LogP contribution in [0.4, 0.5) is 0 Å². The first-order chi connectivity index (χ1) is 13.4. The van der Waals surface area contributed by atoms with E-state index in [-0.39, 0.29) is 10.5 Å². The molecule has 3 rings (SSSR count). The third-order valence-corrected chi connectivity index (χ3v) is 7.39. The van der Waals surface area contributed by atoms with Crippen molar-refractivity contribution in [3.05, 3.63) is 76.3 Å². The van der Waals surface area contributed by atoms with Crippen molar-refractivity contribution in [3.63, 3.8) is 0 Å². The van der Waals surface area contributed by atoms with Gasteiger partial charge in [0.2, 0.25) is 10.0 Å². The molecule has 154 valence electrons. The zero-order chi connectivity index (χ0) is 21.6. The molecular formula is C22H24ClNO4S. The average Bonchev–Trinajstić information content (AvgIpc) is 3.04. The Labute approximate surface area is 176 Å². The molecule has 7 heteroatoms. The Hall–Kier alpha value is -2.15. The van der Waals surface area contributed by atoms with Gasteiger partial charge < -0.3 is 5.11 Å². The Morgan fingerprint density at radius 3 is 2.17 bits per heavy atom. The van der Waals surface area contributed by atoms with Gasteiger partial charge in [-0.25, -0.2) is 13.2 Å². The SMILES string of the molecule is Cc1ccccc1S(=O)(=O)N1C(c2ccc(Cl)cc2)C(C(=O)O)=C[C@H]1C(C)(C)C. The molecule has 2 atom stereocenters. The number of hydrogen-bond acceptors (Lipinski definition) is 3. The maximum absolute atomic E-state index is 13.8. The third-order valence-electron chi connectivity index (χ3n) is 5.13. The third kappa shape index (κ3) is 3.97. The minimum Gasteiger partial charge on any atom is -0.478 e. The Bertz CT molecular complexity index is 1070. The van der Waals surface area contributed by atoms with E-state index >= 15 is 0 Å². The molecule has 0 fully saturated rings. The quantitative estimate of drug-likeness (QED) is 0.750. The predicted octanol–water partition coefficient (Wildman–Crippen LogP) is 4.82. The Kier molecular flexibility index (Phi) is 5.64. The molecule has 0 bridgehead atoms. The van der Waals surface area contributed by atoms with Gasteiger partial charge in [-0.15, -0.1) is 0 Å². The minimum atomic E-state index is -3.99. The monoisotopic (exact) mass is 433 g/mol. The molecule has 1 heterocycles. The van der Waals surface area contributed by atoms with Crippen molar-refractivity contribution in [1.82, 2.24) is 4.31 Å². The first kappa shape index (κ1) is 21.6. The standard InChI is InChI=1S/C22H24ClNO4S/c1-14-7-5-6-8-18(14)29(27,28)24-19(22(2,3)4)13-17(21(25)26)20(24)15-9-11-16(23)12-10-15/h5-13,19-20H,1-4H3,(H,25,26)/t19-,20?/m0/s1. The number of benzene rings is 2. The zero-order valence-corrected chi connectivity index (χ0v) is 18.3. The van der Waals surface area contributed by atoms with Crippen LogP contribution in [0.15, 0.2) is 65.1 Å². The summed E-state index contributed by atoms with van der Waals surface area (Å²) in [5.41, 5.74) is 0.701. The van der Waals surface area contributed by atoms with Gasteiger partial charge in [0.05, 0.1) is 16.5 Å². The van der Waals surface area contributed by atoms with Crippen LogP contribution < -0.4 is 0 Å². The van der Waals surface area contributed by atoms with Gasteiger partial charge in [-0.3, -0.25) is 0 Å². The molecule has 0 spiro atoms. The zero-order valence-electron chi connectivity index (χ0n) is 16.8. The second-order valence-corrected chi connectivity index (χ2v) is 10.5. The topological polar surface area (TPSA) is 74.7 Å². The van der Waals surface area contributed by atoms with E-state index in [4.69, 9.17) is 11.6 Å². The minimum absolute atomic E-state index is 0.0457. The van der Waals surface area contributed by atoms with Crippen LogP contribution in [0.3, 0.4) is 0 Å². The van der Waals surface area contributed by atoms with E-state index in [1.165, 1.54) is 4.31 Å². The van der Waals surface area contributed by atoms with Crippen LogP contribution in [0.5, 0.6) is 0 Å². The maximum Gasteiger partial charge on any atom is 0.333 e. The molecule has 1 aliphatic rings. The Balaban J connectivity index is 2.27. The molecule has 1 unspecified atom stereocenters. The number of nitrogens with zero attached hydrogens (tertiary/aromatic N) is 1. The molecular weight excluding hydrogens is 410 g/mol. The molecule has 0 amide bonds. The lowest BCUT2D eigenvalue weighted by molar-refractivity contribution is -0.133. The van der Waals surface area contributed by atoms with E-state index in [0.717, 1.165) is 0 Å². The van der Waals surface area contributed by atoms with Gasteiger partial charge in [-0.1, -0.05) is 68.8 Å². The molecule has 0 aromatic heterocycles. The van der Waals surface area contributed by atoms with Crippen LogP contribution >= 0.6 is 11.6 Å². The molecule has 2 aromatic rings. The van der Waals surface area contributed by atoms with Crippen LogP contribution in [-0.2, 0) is 14.8 Å². The second kappa shape index (κ2) is 7.59. The highest BCUT2D eigenvalue weighted by molar-refractivity contribution is 7.89. The summed E-state index contributed by atoms with van der Waals surface area (Å²) in [6.07, 6.45) is 1.57. The summed E-state index contributed by atoms with van der Waals surface area (Å²) in [4.78, 5) is 12.3. The van der Waals surface area contributed by atoms with Crippen LogP contribution in [0.1, 0.15) is 37.9 Å². The molecule has 2 aromatic carbocycles. The molecule has 5 nitrogen and oxygen atoms in total. The van der Waals surface area contributed by atoms with Crippen molar-refractivity contribution in [2.45, 2.75) is 44.7 Å². The number of hydrogen-bond donors (Lipinski definition) is 1. The largest absolute Gasteiger partial charge is 0.478 e. The van der Waals surface area contributed by atoms with Gasteiger partial charge >= 0.3 is 5.97 Å². The summed E-state index contributed by atoms with van der Waals surface area (Å²) >= 11 is 6.00. The van der Waals surface area contributed by atoms with Gasteiger partial charge in [0.25, 0.3) is 0 Å². The van der Waals surface area contributed by atoms with E-state index in [1.807, 2.05) is 20.8 Å². The van der Waals surface area contributed by atoms with Gasteiger partial charge in [-0.2, -0.15) is 4.31 Å². The number of carboxylic acid groups (broad SMARTS) is 1. The van der Waals surface area contributed by atoms with Crippen LogP contribution in [0.2, 0.25) is 5.02 Å². The first-order valence-corrected chi connectivity index (χ1v) is 11.1. The van der Waals surface area contributed by atoms with E-state index in [1.54, 1.807) is 61.5 Å². The van der Waals surface area contributed by atoms with Gasteiger partial charge in [0.1, 0.15) is 0 Å². The van der Waals surface area contributed by atoms with Crippen LogP contribution in [0, 0.1) is 12.3 Å². The number of carbonyl (C=O) groups is 1. The van der Waals surface area contributed by atoms with Gasteiger partial charge in [0, 0.05) is 11.1 Å². The lowest BCUT2D eigenvalue weighted by atomic mass is 9.87. The molecule has 0 aliphatic carbocycles. The average molecular weight is 434 g/mol. The highest BCUT2D eigenvalue weighted by atomic mass is 35.5. The highest BCUT2D eigenvalue weighted by Gasteiger charge is 2.49. The number of aliphatic carboxylic acids is 1. The fourth-order valence-electron chi connectivity index (χ4n) is 3.67. The predicted molar refractivity (Wildman–Crippen MR) is 113 cm³/mol. The van der Waals surface area contributed by atoms with Crippen molar-refractivity contribution in [3.8, 4) is 0 Å². The van der Waals surface area contributed by atoms with Gasteiger partial charge in [0.15, 0.2) is 0 Å². The lowest BCUT2D eigenvalue weighted by Crippen LogP contribution is -2.45. The number of carboxylic acids is 1. The number of halogens is 1. The first-order valence-electron chi connectivity index (χ1n) is 9.24. The van der Waals surface area contributed by atoms with E-state index in [9.17, 15) is 18.3 Å². The highest BCUT2D eigenvalue weighted by Crippen LogP contribution is 2.46. The second-order valence-electron chi connectivity index (χ2n) is 8.29. The number of rotatable bonds is 4. The summed E-state index contributed by atoms with van der Waals surface area (Å²) in [7, 11) is -3.99. The Morgan fingerprint density at radius 1 is 1.07 bits per heavy atom. The lowest BCUT2D eigenvalue weighted by Gasteiger charge is -2.37. The van der Waals surface area contributed by atoms with Crippen molar-refractivity contribution < 1.29 is 18.3 Å². The van der Waals surface area contributed by atoms with E-state index < -0.39 is 33.5 Å². The van der Waals surface area contributed by atoms with Crippen molar-refractivity contribution in [1.29, 1.82) is 0 Å². The van der Waals surface area contributed by atoms with Crippen molar-refractivity contribution in [2.75, 3.05) is 0 Å². The maximum atomic E-state index is 13.8. The summed E-state index contributed by atoms with van der Waals surface area (Å²) in [5, 5.41) is 10.4. The van der Waals surface area contributed by atoms with Crippen LogP contribution in [0.25, 0.3) is 0 Å². The summed E-state index contributed by atoms with van der Waals surface area (Å²) in [6, 6.07) is 11.8. The summed E-state index contributed by atoms with van der Waals surface area (Å²) in [6.45, 7) is 7.44. The number of aryl methyl sites for hydroxylation is 1. The molecule has 0 saturated carbocycles. The van der Waals surface area contributed by atoms with Crippen molar-refractivity contribution in [2.24, 2.45) is 5.41 Å². The fourth-order valence-corrected chi connectivity index (χ4v) is 5.94. The molecule has 0 radical (unpaired) electrons. The molecule has 1 aliphatic heterocycles. The van der Waals surface area contributed by atoms with E-state index in [2.05, 4.69) is 0 Å². The van der Waals surface area contributed by atoms with Crippen molar-refractivity contribution >= 4 is 27.6 Å². The summed E-state index contributed by atoms with van der Waals surface area (Å²) in [5.74, 6) is -1.14. The smallest absolute Gasteiger partial charge is 0.333 e. The van der Waals surface area contributed by atoms with Gasteiger partial charge in [-0.05, 0) is 41.7 Å². The molecule has 29 heavy (non-hydrogen) atoms. The molecule has 1 N–H and O–H groups in total. The fraction of sp³-hybridized carbons (Fsp3) is 0.318. The van der Waals surface area contributed by atoms with E-state index in [0.29, 0.717) is 16.1 Å². The number of sulfonamides is 1. The normalized spacial score (nSPS) is 20.5. The summed E-state index contributed by atoms with van der Waals surface area (Å²) < 4.78 is 28.9. The Morgan fingerprint density at radius 2 is 1.66 bits per heavy atom. The van der Waals surface area contributed by atoms with Crippen LogP contribution in [-0.4, -0.2) is 29.8 Å². The molecule has 0 saturated heterocycles.